The van der Waals surface area contributed by atoms with Crippen molar-refractivity contribution in [3.8, 4) is 0 Å². The van der Waals surface area contributed by atoms with Crippen LogP contribution in [0.15, 0.2) is 18.2 Å². The number of nitrogens with two attached hydrogens (primary N) is 1. The molecule has 1 saturated carbocycles. The molecule has 0 bridgehead atoms. The molecule has 6 heteroatoms. The standard InChI is InChI=1S/C14H18F2N2O.ClH/c15-11-5-4-10(12(16)7-11)8-18-14(19)6-9-2-1-3-13(9)17;/h4-5,7,9,13H,1-3,6,8,17H2,(H,18,19);1H/t9-,13+;/m0./s1. The number of hydrogen-bond acceptors (Lipinski definition) is 2. The fourth-order valence-electron chi connectivity index (χ4n) is 2.49. The third-order valence-corrected chi connectivity index (χ3v) is 3.66. The Balaban J connectivity index is 0.00000200. The number of carbonyl (C=O) groups is 1. The highest BCUT2D eigenvalue weighted by Crippen LogP contribution is 2.26. The lowest BCUT2D eigenvalue weighted by atomic mass is 10.00. The molecule has 0 saturated heterocycles. The fourth-order valence-corrected chi connectivity index (χ4v) is 2.49. The molecule has 1 aliphatic rings. The lowest BCUT2D eigenvalue weighted by Gasteiger charge is -2.14. The molecule has 0 aliphatic heterocycles. The third kappa shape index (κ3) is 4.42. The van der Waals surface area contributed by atoms with E-state index in [1.165, 1.54) is 12.1 Å². The number of halogens is 3. The van der Waals surface area contributed by atoms with E-state index in [2.05, 4.69) is 5.32 Å². The molecule has 0 unspecified atom stereocenters. The molecular weight excluding hydrogens is 286 g/mol. The summed E-state index contributed by atoms with van der Waals surface area (Å²) < 4.78 is 26.1. The number of benzene rings is 1. The summed E-state index contributed by atoms with van der Waals surface area (Å²) in [5.74, 6) is -1.17. The Kier molecular flexibility index (Phi) is 6.36. The zero-order chi connectivity index (χ0) is 13.8. The molecule has 3 nitrogen and oxygen atoms in total. The van der Waals surface area contributed by atoms with Crippen molar-refractivity contribution in [1.82, 2.24) is 5.32 Å². The topological polar surface area (TPSA) is 55.1 Å². The molecule has 1 fully saturated rings. The van der Waals surface area contributed by atoms with E-state index in [0.717, 1.165) is 25.3 Å². The van der Waals surface area contributed by atoms with Gasteiger partial charge in [0.2, 0.25) is 5.91 Å². The van der Waals surface area contributed by atoms with Crippen LogP contribution in [0.2, 0.25) is 0 Å². The highest BCUT2D eigenvalue weighted by molar-refractivity contribution is 5.85. The van der Waals surface area contributed by atoms with E-state index < -0.39 is 11.6 Å². The first-order valence-corrected chi connectivity index (χ1v) is 6.52. The van der Waals surface area contributed by atoms with Crippen molar-refractivity contribution in [1.29, 1.82) is 0 Å². The smallest absolute Gasteiger partial charge is 0.220 e. The molecule has 0 radical (unpaired) electrons. The van der Waals surface area contributed by atoms with E-state index in [9.17, 15) is 13.6 Å². The van der Waals surface area contributed by atoms with Gasteiger partial charge in [0.25, 0.3) is 0 Å². The van der Waals surface area contributed by atoms with Crippen LogP contribution in [0.25, 0.3) is 0 Å². The van der Waals surface area contributed by atoms with Gasteiger partial charge in [0.05, 0.1) is 0 Å². The van der Waals surface area contributed by atoms with Gasteiger partial charge in [-0.1, -0.05) is 12.5 Å². The average Bonchev–Trinajstić information content (AvgIpc) is 2.74. The first kappa shape index (κ1) is 16.9. The first-order chi connectivity index (χ1) is 9.06. The Hall–Kier alpha value is -1.20. The van der Waals surface area contributed by atoms with Gasteiger partial charge in [-0.3, -0.25) is 4.79 Å². The Bertz CT molecular complexity index is 470. The van der Waals surface area contributed by atoms with Gasteiger partial charge < -0.3 is 11.1 Å². The molecule has 3 N–H and O–H groups in total. The van der Waals surface area contributed by atoms with Gasteiger partial charge in [0.15, 0.2) is 0 Å². The SMILES string of the molecule is Cl.N[C@@H]1CCC[C@H]1CC(=O)NCc1ccc(F)cc1F. The van der Waals surface area contributed by atoms with Crippen LogP contribution in [-0.4, -0.2) is 11.9 Å². The van der Waals surface area contributed by atoms with Crippen molar-refractivity contribution < 1.29 is 13.6 Å². The quantitative estimate of drug-likeness (QED) is 0.898. The van der Waals surface area contributed by atoms with Crippen LogP contribution in [-0.2, 0) is 11.3 Å². The molecule has 112 valence electrons. The molecule has 0 spiro atoms. The number of nitrogens with one attached hydrogen (secondary N) is 1. The van der Waals surface area contributed by atoms with Crippen LogP contribution in [0.3, 0.4) is 0 Å². The molecule has 0 aromatic heterocycles. The minimum Gasteiger partial charge on any atom is -0.352 e. The van der Waals surface area contributed by atoms with Crippen molar-refractivity contribution in [3.63, 3.8) is 0 Å². The summed E-state index contributed by atoms with van der Waals surface area (Å²) >= 11 is 0. The van der Waals surface area contributed by atoms with Crippen molar-refractivity contribution in [2.75, 3.05) is 0 Å². The minimum atomic E-state index is -0.641. The number of rotatable bonds is 4. The highest BCUT2D eigenvalue weighted by Gasteiger charge is 2.25. The van der Waals surface area contributed by atoms with Gasteiger partial charge in [-0.15, -0.1) is 12.4 Å². The number of carbonyl (C=O) groups excluding carboxylic acids is 1. The molecule has 1 aliphatic carbocycles. The monoisotopic (exact) mass is 304 g/mol. The average molecular weight is 305 g/mol. The zero-order valence-corrected chi connectivity index (χ0v) is 11.9. The molecule has 1 aromatic rings. The molecule has 20 heavy (non-hydrogen) atoms. The first-order valence-electron chi connectivity index (χ1n) is 6.52. The van der Waals surface area contributed by atoms with Gasteiger partial charge in [-0.05, 0) is 24.8 Å². The summed E-state index contributed by atoms with van der Waals surface area (Å²) in [6.45, 7) is 0.0763. The van der Waals surface area contributed by atoms with Gasteiger partial charge >= 0.3 is 0 Å². The summed E-state index contributed by atoms with van der Waals surface area (Å²) in [4.78, 5) is 11.7. The maximum atomic E-state index is 13.4. The van der Waals surface area contributed by atoms with E-state index in [4.69, 9.17) is 5.73 Å². The normalized spacial score (nSPS) is 21.4. The van der Waals surface area contributed by atoms with Crippen LogP contribution < -0.4 is 11.1 Å². The van der Waals surface area contributed by atoms with Crippen LogP contribution in [0, 0.1) is 17.6 Å². The molecule has 1 aromatic carbocycles. The van der Waals surface area contributed by atoms with Gasteiger partial charge in [0, 0.05) is 30.6 Å². The Labute approximate surface area is 123 Å². The minimum absolute atomic E-state index is 0. The second kappa shape index (κ2) is 7.55. The molecule has 1 amide bonds. The van der Waals surface area contributed by atoms with Crippen LogP contribution in [0.4, 0.5) is 8.78 Å². The molecular formula is C14H19ClF2N2O. The Morgan fingerprint density at radius 2 is 2.10 bits per heavy atom. The number of amides is 1. The maximum absolute atomic E-state index is 13.4. The maximum Gasteiger partial charge on any atom is 0.220 e. The van der Waals surface area contributed by atoms with E-state index in [1.54, 1.807) is 0 Å². The predicted octanol–water partition coefficient (Wildman–Crippen LogP) is 2.52. The van der Waals surface area contributed by atoms with Crippen LogP contribution in [0.1, 0.15) is 31.2 Å². The van der Waals surface area contributed by atoms with E-state index >= 15 is 0 Å². The summed E-state index contributed by atoms with van der Waals surface area (Å²) in [6, 6.07) is 3.42. The van der Waals surface area contributed by atoms with Crippen LogP contribution >= 0.6 is 12.4 Å². The Morgan fingerprint density at radius 3 is 2.70 bits per heavy atom. The van der Waals surface area contributed by atoms with Gasteiger partial charge in [-0.2, -0.15) is 0 Å². The van der Waals surface area contributed by atoms with E-state index in [1.807, 2.05) is 0 Å². The lowest BCUT2D eigenvalue weighted by Crippen LogP contribution is -2.31. The fraction of sp³-hybridized carbons (Fsp3) is 0.500. The van der Waals surface area contributed by atoms with Crippen LogP contribution in [0.5, 0.6) is 0 Å². The van der Waals surface area contributed by atoms with E-state index in [0.29, 0.717) is 6.42 Å². The predicted molar refractivity (Wildman–Crippen MR) is 75.4 cm³/mol. The number of hydrogen-bond donors (Lipinski definition) is 2. The zero-order valence-electron chi connectivity index (χ0n) is 11.1. The van der Waals surface area contributed by atoms with Gasteiger partial charge in [0.1, 0.15) is 11.6 Å². The van der Waals surface area contributed by atoms with Crippen molar-refractivity contribution in [2.24, 2.45) is 11.7 Å². The third-order valence-electron chi connectivity index (χ3n) is 3.66. The second-order valence-electron chi connectivity index (χ2n) is 5.07. The largest absolute Gasteiger partial charge is 0.352 e. The van der Waals surface area contributed by atoms with E-state index in [-0.39, 0.29) is 42.4 Å². The molecule has 2 atom stereocenters. The van der Waals surface area contributed by atoms with Crippen molar-refractivity contribution in [2.45, 2.75) is 38.3 Å². The van der Waals surface area contributed by atoms with Crippen molar-refractivity contribution in [3.05, 3.63) is 35.4 Å². The summed E-state index contributed by atoms with van der Waals surface area (Å²) in [6.07, 6.45) is 3.37. The summed E-state index contributed by atoms with van der Waals surface area (Å²) in [7, 11) is 0. The second-order valence-corrected chi connectivity index (χ2v) is 5.07. The molecule has 0 heterocycles. The van der Waals surface area contributed by atoms with Crippen molar-refractivity contribution >= 4 is 18.3 Å². The lowest BCUT2D eigenvalue weighted by molar-refractivity contribution is -0.122. The summed E-state index contributed by atoms with van der Waals surface area (Å²) in [5, 5.41) is 2.65. The molecule has 2 rings (SSSR count). The summed E-state index contributed by atoms with van der Waals surface area (Å²) in [5.41, 5.74) is 6.18. The Morgan fingerprint density at radius 1 is 1.35 bits per heavy atom. The highest BCUT2D eigenvalue weighted by atomic mass is 35.5. The van der Waals surface area contributed by atoms with Gasteiger partial charge in [-0.25, -0.2) is 8.78 Å².